The predicted molar refractivity (Wildman–Crippen MR) is 74.9 cm³/mol. The van der Waals surface area contributed by atoms with Crippen LogP contribution in [0.25, 0.3) is 23.3 Å². The molecule has 0 fully saturated rings. The van der Waals surface area contributed by atoms with E-state index < -0.39 is 0 Å². The fourth-order valence-electron chi connectivity index (χ4n) is 2.67. The molecule has 0 unspecified atom stereocenters. The van der Waals surface area contributed by atoms with E-state index in [-0.39, 0.29) is 0 Å². The highest BCUT2D eigenvalue weighted by atomic mass is 14.2. The molecule has 0 spiro atoms. The Morgan fingerprint density at radius 3 is 2.47 bits per heavy atom. The molecule has 2 aromatic rings. The van der Waals surface area contributed by atoms with Gasteiger partial charge in [-0.2, -0.15) is 0 Å². The van der Waals surface area contributed by atoms with E-state index in [0.717, 1.165) is 6.42 Å². The summed E-state index contributed by atoms with van der Waals surface area (Å²) in [5.41, 5.74) is 7.91. The van der Waals surface area contributed by atoms with Crippen LogP contribution in [0.1, 0.15) is 22.3 Å². The summed E-state index contributed by atoms with van der Waals surface area (Å²) in [7, 11) is 0. The average molecular weight is 218 g/mol. The van der Waals surface area contributed by atoms with Crippen LogP contribution in [0.15, 0.2) is 49.6 Å². The van der Waals surface area contributed by atoms with Gasteiger partial charge in [0.05, 0.1) is 0 Å². The van der Waals surface area contributed by atoms with Gasteiger partial charge in [0.25, 0.3) is 0 Å². The Bertz CT molecular complexity index is 618. The zero-order chi connectivity index (χ0) is 11.8. The summed E-state index contributed by atoms with van der Waals surface area (Å²) in [5.74, 6) is 0. The molecular weight excluding hydrogens is 204 g/mol. The predicted octanol–water partition coefficient (Wildman–Crippen LogP) is 4.54. The van der Waals surface area contributed by atoms with Crippen molar-refractivity contribution in [3.05, 3.63) is 71.8 Å². The molecule has 1 aliphatic rings. The van der Waals surface area contributed by atoms with Crippen molar-refractivity contribution in [3.8, 4) is 11.1 Å². The summed E-state index contributed by atoms with van der Waals surface area (Å²) < 4.78 is 0. The smallest absolute Gasteiger partial charge is 0.000729 e. The first kappa shape index (κ1) is 10.1. The van der Waals surface area contributed by atoms with Gasteiger partial charge < -0.3 is 0 Å². The second-order valence-corrected chi connectivity index (χ2v) is 4.34. The molecule has 82 valence electrons. The summed E-state index contributed by atoms with van der Waals surface area (Å²) in [6, 6.07) is 12.9. The van der Waals surface area contributed by atoms with Gasteiger partial charge in [-0.1, -0.05) is 61.7 Å². The molecule has 0 N–H and O–H groups in total. The highest BCUT2D eigenvalue weighted by Crippen LogP contribution is 2.39. The Morgan fingerprint density at radius 1 is 0.882 bits per heavy atom. The molecule has 0 nitrogen and oxygen atoms in total. The monoisotopic (exact) mass is 218 g/mol. The van der Waals surface area contributed by atoms with E-state index in [4.69, 9.17) is 0 Å². The molecule has 0 amide bonds. The fourth-order valence-corrected chi connectivity index (χ4v) is 2.67. The topological polar surface area (TPSA) is 0 Å². The summed E-state index contributed by atoms with van der Waals surface area (Å²) in [5, 5.41) is 0. The summed E-state index contributed by atoms with van der Waals surface area (Å²) in [6.45, 7) is 7.80. The fraction of sp³-hybridized carbons (Fsp3) is 0.0588. The lowest BCUT2D eigenvalue weighted by Crippen LogP contribution is -1.90. The van der Waals surface area contributed by atoms with Crippen molar-refractivity contribution in [2.75, 3.05) is 0 Å². The molecule has 0 atom stereocenters. The van der Waals surface area contributed by atoms with E-state index in [2.05, 4.69) is 49.6 Å². The number of hydrogen-bond acceptors (Lipinski definition) is 0. The van der Waals surface area contributed by atoms with Gasteiger partial charge in [-0.15, -0.1) is 0 Å². The van der Waals surface area contributed by atoms with Gasteiger partial charge in [0, 0.05) is 0 Å². The van der Waals surface area contributed by atoms with Crippen molar-refractivity contribution in [3.63, 3.8) is 0 Å². The van der Waals surface area contributed by atoms with Crippen molar-refractivity contribution in [2.45, 2.75) is 6.42 Å². The second kappa shape index (κ2) is 3.74. The number of hydrogen-bond donors (Lipinski definition) is 0. The minimum absolute atomic E-state index is 1.01. The summed E-state index contributed by atoms with van der Waals surface area (Å²) in [4.78, 5) is 0. The maximum atomic E-state index is 3.93. The van der Waals surface area contributed by atoms with Crippen molar-refractivity contribution < 1.29 is 0 Å². The minimum Gasteiger partial charge on any atom is -0.0984 e. The third kappa shape index (κ3) is 1.38. The molecule has 1 aliphatic carbocycles. The quantitative estimate of drug-likeness (QED) is 0.592. The van der Waals surface area contributed by atoms with E-state index in [0.29, 0.717) is 0 Å². The van der Waals surface area contributed by atoms with Crippen molar-refractivity contribution >= 4 is 12.2 Å². The molecule has 17 heavy (non-hydrogen) atoms. The average Bonchev–Trinajstić information content (AvgIpc) is 2.75. The van der Waals surface area contributed by atoms with E-state index in [1.54, 1.807) is 0 Å². The highest BCUT2D eigenvalue weighted by molar-refractivity contribution is 5.83. The maximum absolute atomic E-state index is 3.93. The van der Waals surface area contributed by atoms with Crippen molar-refractivity contribution in [1.82, 2.24) is 0 Å². The number of benzene rings is 2. The summed E-state index contributed by atoms with van der Waals surface area (Å²) in [6.07, 6.45) is 4.86. The largest absolute Gasteiger partial charge is 0.0984 e. The molecule has 0 radical (unpaired) electrons. The molecule has 0 saturated heterocycles. The zero-order valence-electron chi connectivity index (χ0n) is 9.74. The standard InChI is InChI=1S/C17H14/c1-3-12-9-10-16-15-8-6-5-7-13(15)11-17(16)14(12)4-2/h3-10H,1-2,11H2. The number of fused-ring (bicyclic) bond motifs is 3. The van der Waals surface area contributed by atoms with Crippen LogP contribution in [0.2, 0.25) is 0 Å². The van der Waals surface area contributed by atoms with Crippen molar-refractivity contribution in [2.24, 2.45) is 0 Å². The molecular formula is C17H14. The molecule has 2 aromatic carbocycles. The minimum atomic E-state index is 1.01. The molecule has 0 aromatic heterocycles. The van der Waals surface area contributed by atoms with Crippen LogP contribution in [-0.4, -0.2) is 0 Å². The van der Waals surface area contributed by atoms with Crippen LogP contribution < -0.4 is 0 Å². The van der Waals surface area contributed by atoms with Gasteiger partial charge in [0.15, 0.2) is 0 Å². The Balaban J connectivity index is 2.30. The van der Waals surface area contributed by atoms with Crippen LogP contribution in [0.3, 0.4) is 0 Å². The van der Waals surface area contributed by atoms with E-state index in [1.165, 1.54) is 33.4 Å². The van der Waals surface area contributed by atoms with Crippen LogP contribution in [0.4, 0.5) is 0 Å². The Morgan fingerprint density at radius 2 is 1.71 bits per heavy atom. The molecule has 0 heterocycles. The van der Waals surface area contributed by atoms with Crippen LogP contribution in [-0.2, 0) is 6.42 Å². The van der Waals surface area contributed by atoms with Gasteiger partial charge in [0.2, 0.25) is 0 Å². The third-order valence-corrected chi connectivity index (χ3v) is 3.49. The lowest BCUT2D eigenvalue weighted by Gasteiger charge is -2.08. The van der Waals surface area contributed by atoms with Gasteiger partial charge in [-0.3, -0.25) is 0 Å². The first-order valence-electron chi connectivity index (χ1n) is 5.84. The van der Waals surface area contributed by atoms with E-state index in [9.17, 15) is 0 Å². The highest BCUT2D eigenvalue weighted by Gasteiger charge is 2.20. The first-order valence-corrected chi connectivity index (χ1v) is 5.84. The SMILES string of the molecule is C=Cc1ccc2c(c1C=C)Cc1ccccc1-2. The van der Waals surface area contributed by atoms with Crippen LogP contribution in [0.5, 0.6) is 0 Å². The van der Waals surface area contributed by atoms with Crippen molar-refractivity contribution in [1.29, 1.82) is 0 Å². The second-order valence-electron chi connectivity index (χ2n) is 4.34. The molecule has 0 saturated carbocycles. The normalized spacial score (nSPS) is 11.8. The van der Waals surface area contributed by atoms with Gasteiger partial charge in [-0.05, 0) is 39.8 Å². The molecule has 0 aliphatic heterocycles. The van der Waals surface area contributed by atoms with Crippen LogP contribution >= 0.6 is 0 Å². The zero-order valence-corrected chi connectivity index (χ0v) is 9.74. The molecule has 3 rings (SSSR count). The Labute approximate surface area is 102 Å². The summed E-state index contributed by atoms with van der Waals surface area (Å²) >= 11 is 0. The molecule has 0 bridgehead atoms. The van der Waals surface area contributed by atoms with Gasteiger partial charge in [0.1, 0.15) is 0 Å². The Hall–Kier alpha value is -2.08. The number of rotatable bonds is 2. The molecule has 0 heteroatoms. The maximum Gasteiger partial charge on any atom is -0.000729 e. The first-order chi connectivity index (χ1) is 8.35. The van der Waals surface area contributed by atoms with Gasteiger partial charge >= 0.3 is 0 Å². The Kier molecular flexibility index (Phi) is 2.22. The lowest BCUT2D eigenvalue weighted by atomic mass is 9.96. The van der Waals surface area contributed by atoms with E-state index >= 15 is 0 Å². The lowest BCUT2D eigenvalue weighted by molar-refractivity contribution is 1.25. The van der Waals surface area contributed by atoms with E-state index in [1.807, 2.05) is 12.2 Å². The van der Waals surface area contributed by atoms with Crippen LogP contribution in [0, 0.1) is 0 Å². The van der Waals surface area contributed by atoms with Gasteiger partial charge in [-0.25, -0.2) is 0 Å². The third-order valence-electron chi connectivity index (χ3n) is 3.49.